The Labute approximate surface area is 188 Å². The van der Waals surface area contributed by atoms with E-state index in [0.29, 0.717) is 12.4 Å². The van der Waals surface area contributed by atoms with E-state index in [2.05, 4.69) is 15.0 Å². The fourth-order valence-corrected chi connectivity index (χ4v) is 3.77. The molecule has 0 amide bonds. The number of ether oxygens (including phenoxy) is 2. The highest BCUT2D eigenvalue weighted by Crippen LogP contribution is 2.37. The largest absolute Gasteiger partial charge is 0.489 e. The lowest BCUT2D eigenvalue weighted by atomic mass is 10.2. The Kier molecular flexibility index (Phi) is 6.69. The van der Waals surface area contributed by atoms with Crippen molar-refractivity contribution in [3.8, 4) is 17.5 Å². The van der Waals surface area contributed by atoms with Crippen LogP contribution in [0.1, 0.15) is 5.56 Å². The summed E-state index contributed by atoms with van der Waals surface area (Å²) in [5.41, 5.74) is 1.13. The smallest absolute Gasteiger partial charge is 0.327 e. The second-order valence-corrected chi connectivity index (χ2v) is 7.84. The van der Waals surface area contributed by atoms with Crippen molar-refractivity contribution in [1.82, 2.24) is 15.0 Å². The molecule has 0 aliphatic heterocycles. The van der Waals surface area contributed by atoms with Gasteiger partial charge in [0.05, 0.1) is 4.90 Å². The van der Waals surface area contributed by atoms with Crippen molar-refractivity contribution in [2.24, 2.45) is 0 Å². The third-order valence-corrected chi connectivity index (χ3v) is 5.31. The Morgan fingerprint density at radius 3 is 2.13 bits per heavy atom. The van der Waals surface area contributed by atoms with Gasteiger partial charge in [0.2, 0.25) is 10.6 Å². The number of para-hydroxylation sites is 1. The Balaban J connectivity index is 1.44. The van der Waals surface area contributed by atoms with E-state index in [1.54, 1.807) is 11.8 Å². The molecule has 0 fully saturated rings. The van der Waals surface area contributed by atoms with Gasteiger partial charge in [0.25, 0.3) is 0 Å². The van der Waals surface area contributed by atoms with Crippen molar-refractivity contribution >= 4 is 35.0 Å². The average molecular weight is 456 g/mol. The molecule has 0 radical (unpaired) electrons. The first-order chi connectivity index (χ1) is 14.7. The zero-order valence-corrected chi connectivity index (χ0v) is 17.9. The van der Waals surface area contributed by atoms with Crippen LogP contribution in [0.2, 0.25) is 10.6 Å². The van der Waals surface area contributed by atoms with E-state index in [-0.39, 0.29) is 16.6 Å². The molecule has 3 aromatic carbocycles. The van der Waals surface area contributed by atoms with Crippen molar-refractivity contribution < 1.29 is 9.47 Å². The molecule has 0 aliphatic carbocycles. The number of aromatic nitrogens is 3. The van der Waals surface area contributed by atoms with Gasteiger partial charge in [0, 0.05) is 4.90 Å². The third kappa shape index (κ3) is 5.63. The molecule has 0 atom stereocenters. The Morgan fingerprint density at radius 2 is 1.40 bits per heavy atom. The summed E-state index contributed by atoms with van der Waals surface area (Å²) in [5, 5.41) is -0.0533. The van der Waals surface area contributed by atoms with Crippen LogP contribution in [-0.4, -0.2) is 15.0 Å². The highest BCUT2D eigenvalue weighted by atomic mass is 35.5. The second-order valence-electron chi connectivity index (χ2n) is 6.05. The van der Waals surface area contributed by atoms with E-state index in [4.69, 9.17) is 32.7 Å². The van der Waals surface area contributed by atoms with Crippen LogP contribution < -0.4 is 9.47 Å². The van der Waals surface area contributed by atoms with Crippen LogP contribution in [0.5, 0.6) is 17.5 Å². The molecule has 0 N–H and O–H groups in total. The van der Waals surface area contributed by atoms with Crippen LogP contribution in [0.25, 0.3) is 0 Å². The first-order valence-corrected chi connectivity index (χ1v) is 10.5. The van der Waals surface area contributed by atoms with E-state index in [0.717, 1.165) is 21.1 Å². The van der Waals surface area contributed by atoms with Gasteiger partial charge in [0.1, 0.15) is 18.1 Å². The molecule has 1 aromatic heterocycles. The Bertz CT molecular complexity index is 1110. The summed E-state index contributed by atoms with van der Waals surface area (Å²) < 4.78 is 11.6. The van der Waals surface area contributed by atoms with Crippen LogP contribution in [0.3, 0.4) is 0 Å². The zero-order chi connectivity index (χ0) is 20.8. The maximum absolute atomic E-state index is 5.84. The number of hydrogen-bond donors (Lipinski definition) is 0. The van der Waals surface area contributed by atoms with Crippen molar-refractivity contribution in [1.29, 1.82) is 0 Å². The van der Waals surface area contributed by atoms with Gasteiger partial charge in [-0.15, -0.1) is 0 Å². The van der Waals surface area contributed by atoms with E-state index >= 15 is 0 Å². The summed E-state index contributed by atoms with van der Waals surface area (Å²) in [7, 11) is 0. The molecule has 0 spiro atoms. The van der Waals surface area contributed by atoms with E-state index < -0.39 is 0 Å². The molecule has 5 nitrogen and oxygen atoms in total. The summed E-state index contributed by atoms with van der Waals surface area (Å²) in [6.07, 6.45) is 0. The minimum atomic E-state index is -0.0266. The van der Waals surface area contributed by atoms with Crippen LogP contribution in [0.4, 0.5) is 0 Å². The zero-order valence-electron chi connectivity index (χ0n) is 15.5. The maximum atomic E-state index is 5.84. The predicted molar refractivity (Wildman–Crippen MR) is 118 cm³/mol. The standard InChI is InChI=1S/C22H15Cl2N3O2S/c23-20-25-21(24)27-22(26-20)29-18-8-4-5-9-19(18)30-17-12-10-16(11-13-17)28-14-15-6-2-1-3-7-15/h1-13H,14H2. The van der Waals surface area contributed by atoms with Gasteiger partial charge in [-0.25, -0.2) is 0 Å². The van der Waals surface area contributed by atoms with Crippen molar-refractivity contribution in [3.63, 3.8) is 0 Å². The summed E-state index contributed by atoms with van der Waals surface area (Å²) in [6.45, 7) is 0.529. The molecule has 1 heterocycles. The first-order valence-electron chi connectivity index (χ1n) is 8.94. The lowest BCUT2D eigenvalue weighted by molar-refractivity contribution is 0.306. The lowest BCUT2D eigenvalue weighted by Gasteiger charge is -2.10. The highest BCUT2D eigenvalue weighted by Gasteiger charge is 2.10. The minimum Gasteiger partial charge on any atom is -0.489 e. The van der Waals surface area contributed by atoms with Crippen molar-refractivity contribution in [2.45, 2.75) is 16.4 Å². The lowest BCUT2D eigenvalue weighted by Crippen LogP contribution is -1.96. The van der Waals surface area contributed by atoms with Crippen LogP contribution in [0, 0.1) is 0 Å². The molecule has 0 saturated carbocycles. The number of nitrogens with zero attached hydrogens (tertiary/aromatic N) is 3. The minimum absolute atomic E-state index is 0.0266. The predicted octanol–water partition coefficient (Wildman–Crippen LogP) is 6.70. The fraction of sp³-hybridized carbons (Fsp3) is 0.0455. The molecular formula is C22H15Cl2N3O2S. The summed E-state index contributed by atoms with van der Waals surface area (Å²) in [4.78, 5) is 13.5. The van der Waals surface area contributed by atoms with Crippen LogP contribution in [0.15, 0.2) is 88.7 Å². The van der Waals surface area contributed by atoms with Gasteiger partial charge >= 0.3 is 6.01 Å². The molecule has 4 aromatic rings. The van der Waals surface area contributed by atoms with Gasteiger partial charge in [-0.1, -0.05) is 54.2 Å². The van der Waals surface area contributed by atoms with Gasteiger partial charge in [-0.2, -0.15) is 15.0 Å². The van der Waals surface area contributed by atoms with Gasteiger partial charge in [-0.05, 0) is 65.2 Å². The third-order valence-electron chi connectivity index (χ3n) is 3.91. The van der Waals surface area contributed by atoms with E-state index in [1.807, 2.05) is 78.9 Å². The SMILES string of the molecule is Clc1nc(Cl)nc(Oc2ccccc2Sc2ccc(OCc3ccccc3)cc2)n1. The Hall–Kier alpha value is -2.80. The number of hydrogen-bond acceptors (Lipinski definition) is 6. The number of rotatable bonds is 7. The highest BCUT2D eigenvalue weighted by molar-refractivity contribution is 7.99. The summed E-state index contributed by atoms with van der Waals surface area (Å²) in [6, 6.07) is 25.5. The second kappa shape index (κ2) is 9.80. The number of halogens is 2. The molecule has 8 heteroatoms. The molecule has 0 saturated heterocycles. The monoisotopic (exact) mass is 455 g/mol. The van der Waals surface area contributed by atoms with Crippen LogP contribution >= 0.6 is 35.0 Å². The van der Waals surface area contributed by atoms with Gasteiger partial charge in [-0.3, -0.25) is 0 Å². The number of benzene rings is 3. The van der Waals surface area contributed by atoms with Crippen LogP contribution in [-0.2, 0) is 6.61 Å². The van der Waals surface area contributed by atoms with E-state index in [1.165, 1.54) is 0 Å². The molecule has 0 bridgehead atoms. The van der Waals surface area contributed by atoms with Crippen molar-refractivity contribution in [2.75, 3.05) is 0 Å². The van der Waals surface area contributed by atoms with Gasteiger partial charge in [0.15, 0.2) is 0 Å². The quantitative estimate of drug-likeness (QED) is 0.308. The first kappa shape index (κ1) is 20.5. The van der Waals surface area contributed by atoms with Crippen molar-refractivity contribution in [3.05, 3.63) is 95.0 Å². The normalized spacial score (nSPS) is 10.6. The molecule has 30 heavy (non-hydrogen) atoms. The summed E-state index contributed by atoms with van der Waals surface area (Å²) >= 11 is 13.2. The van der Waals surface area contributed by atoms with Gasteiger partial charge < -0.3 is 9.47 Å². The molecule has 150 valence electrons. The maximum Gasteiger partial charge on any atom is 0.327 e. The molecule has 0 aliphatic rings. The fourth-order valence-electron chi connectivity index (χ4n) is 2.54. The topological polar surface area (TPSA) is 57.1 Å². The summed E-state index contributed by atoms with van der Waals surface area (Å²) in [5.74, 6) is 1.40. The van der Waals surface area contributed by atoms with E-state index in [9.17, 15) is 0 Å². The molecular weight excluding hydrogens is 441 g/mol. The average Bonchev–Trinajstić information content (AvgIpc) is 2.75. The molecule has 0 unspecified atom stereocenters. The Morgan fingerprint density at radius 1 is 0.733 bits per heavy atom. The molecule has 4 rings (SSSR count).